The first-order chi connectivity index (χ1) is 14.8. The van der Waals surface area contributed by atoms with Crippen molar-refractivity contribution in [3.63, 3.8) is 0 Å². The molecule has 0 saturated heterocycles. The standard InChI is InChI=1S/C22H31N5O5/c1-12-13(27-11-24-15-16(27)25-20(23)26-17(15)28)7-8-14(12)32-19(30)22(5,6)9-10-31-18(29)21(2,3)4/h11,13-14H,1,7-10H2,2-6H3,(H3,23,25,26,28). The van der Waals surface area contributed by atoms with Crippen LogP contribution in [0.15, 0.2) is 23.3 Å². The second-order valence-electron chi connectivity index (χ2n) is 9.86. The number of rotatable bonds is 6. The van der Waals surface area contributed by atoms with Crippen molar-refractivity contribution in [1.82, 2.24) is 19.5 Å². The largest absolute Gasteiger partial charge is 0.465 e. The third-order valence-electron chi connectivity index (χ3n) is 5.70. The van der Waals surface area contributed by atoms with Crippen LogP contribution in [-0.2, 0) is 19.1 Å². The van der Waals surface area contributed by atoms with Gasteiger partial charge in [-0.2, -0.15) is 4.98 Å². The smallest absolute Gasteiger partial charge is 0.312 e. The van der Waals surface area contributed by atoms with Gasteiger partial charge in [0.05, 0.1) is 29.8 Å². The van der Waals surface area contributed by atoms with Crippen LogP contribution in [0.4, 0.5) is 5.95 Å². The van der Waals surface area contributed by atoms with Gasteiger partial charge in [-0.25, -0.2) is 4.98 Å². The highest BCUT2D eigenvalue weighted by Crippen LogP contribution is 2.38. The van der Waals surface area contributed by atoms with Gasteiger partial charge in [0.1, 0.15) is 6.10 Å². The lowest BCUT2D eigenvalue weighted by Gasteiger charge is -2.26. The van der Waals surface area contributed by atoms with Crippen LogP contribution >= 0.6 is 0 Å². The number of nitrogens with one attached hydrogen (secondary N) is 1. The summed E-state index contributed by atoms with van der Waals surface area (Å²) < 4.78 is 12.8. The fourth-order valence-corrected chi connectivity index (χ4v) is 3.52. The first kappa shape index (κ1) is 23.5. The molecule has 1 fully saturated rings. The van der Waals surface area contributed by atoms with Gasteiger partial charge in [-0.1, -0.05) is 6.58 Å². The zero-order valence-corrected chi connectivity index (χ0v) is 19.2. The molecule has 174 valence electrons. The highest BCUT2D eigenvalue weighted by atomic mass is 16.5. The average Bonchev–Trinajstić information content (AvgIpc) is 3.24. The van der Waals surface area contributed by atoms with Crippen LogP contribution in [0.25, 0.3) is 11.2 Å². The first-order valence-corrected chi connectivity index (χ1v) is 10.6. The molecule has 2 heterocycles. The number of fused-ring (bicyclic) bond motifs is 1. The summed E-state index contributed by atoms with van der Waals surface area (Å²) >= 11 is 0. The van der Waals surface area contributed by atoms with Crippen molar-refractivity contribution >= 4 is 29.1 Å². The van der Waals surface area contributed by atoms with E-state index in [2.05, 4.69) is 21.5 Å². The fraction of sp³-hybridized carbons (Fsp3) is 0.591. The van der Waals surface area contributed by atoms with Crippen molar-refractivity contribution in [3.05, 3.63) is 28.8 Å². The van der Waals surface area contributed by atoms with Crippen LogP contribution in [0.2, 0.25) is 0 Å². The number of anilines is 1. The zero-order valence-electron chi connectivity index (χ0n) is 19.2. The summed E-state index contributed by atoms with van der Waals surface area (Å²) in [4.78, 5) is 47.6. The minimum absolute atomic E-state index is 0.00440. The number of carbonyl (C=O) groups excluding carboxylic acids is 2. The van der Waals surface area contributed by atoms with Crippen LogP contribution in [-0.4, -0.2) is 44.2 Å². The van der Waals surface area contributed by atoms with Crippen LogP contribution < -0.4 is 11.3 Å². The normalized spacial score (nSPS) is 19.3. The van der Waals surface area contributed by atoms with Gasteiger partial charge in [0, 0.05) is 0 Å². The number of aromatic amines is 1. The second-order valence-corrected chi connectivity index (χ2v) is 9.86. The lowest BCUT2D eigenvalue weighted by Crippen LogP contribution is -2.32. The Labute approximate surface area is 186 Å². The third-order valence-corrected chi connectivity index (χ3v) is 5.70. The minimum atomic E-state index is -0.832. The molecule has 0 amide bonds. The van der Waals surface area contributed by atoms with E-state index in [1.165, 1.54) is 6.33 Å². The molecule has 0 aliphatic heterocycles. The summed E-state index contributed by atoms with van der Waals surface area (Å²) in [6.45, 7) is 13.1. The molecule has 2 aromatic heterocycles. The summed E-state index contributed by atoms with van der Waals surface area (Å²) in [5.74, 6) is -0.690. The van der Waals surface area contributed by atoms with Crippen molar-refractivity contribution in [2.24, 2.45) is 10.8 Å². The fourth-order valence-electron chi connectivity index (χ4n) is 3.52. The van der Waals surface area contributed by atoms with E-state index >= 15 is 0 Å². The maximum Gasteiger partial charge on any atom is 0.312 e. The molecule has 3 N–H and O–H groups in total. The van der Waals surface area contributed by atoms with Crippen LogP contribution in [0.3, 0.4) is 0 Å². The van der Waals surface area contributed by atoms with Crippen molar-refractivity contribution in [2.75, 3.05) is 12.3 Å². The van der Waals surface area contributed by atoms with Crippen molar-refractivity contribution in [2.45, 2.75) is 66.0 Å². The van der Waals surface area contributed by atoms with Gasteiger partial charge >= 0.3 is 11.9 Å². The molecule has 1 aliphatic rings. The number of nitrogens with zero attached hydrogens (tertiary/aromatic N) is 3. The molecule has 0 bridgehead atoms. The summed E-state index contributed by atoms with van der Waals surface area (Å²) in [5, 5.41) is 0. The Bertz CT molecular complexity index is 1110. The van der Waals surface area contributed by atoms with E-state index in [0.29, 0.717) is 30.5 Å². The predicted molar refractivity (Wildman–Crippen MR) is 119 cm³/mol. The molecule has 2 atom stereocenters. The van der Waals surface area contributed by atoms with E-state index in [4.69, 9.17) is 15.2 Å². The van der Waals surface area contributed by atoms with E-state index in [-0.39, 0.29) is 36.1 Å². The Balaban J connectivity index is 1.64. The van der Waals surface area contributed by atoms with Crippen molar-refractivity contribution in [1.29, 1.82) is 0 Å². The second kappa shape index (κ2) is 8.40. The van der Waals surface area contributed by atoms with Crippen molar-refractivity contribution < 1.29 is 19.1 Å². The number of imidazole rings is 1. The van der Waals surface area contributed by atoms with Gasteiger partial charge in [-0.05, 0) is 59.5 Å². The minimum Gasteiger partial charge on any atom is -0.465 e. The number of nitrogens with two attached hydrogens (primary N) is 1. The number of H-pyrrole nitrogens is 1. The summed E-state index contributed by atoms with van der Waals surface area (Å²) in [5.41, 5.74) is 5.10. The Kier molecular flexibility index (Phi) is 6.17. The maximum absolute atomic E-state index is 12.8. The third kappa shape index (κ3) is 4.68. The number of hydrogen-bond donors (Lipinski definition) is 2. The zero-order chi connectivity index (χ0) is 23.8. The number of ether oxygens (including phenoxy) is 2. The Hall–Kier alpha value is -3.17. The molecule has 0 spiro atoms. The number of esters is 2. The van der Waals surface area contributed by atoms with E-state index in [0.717, 1.165) is 0 Å². The average molecular weight is 446 g/mol. The molecule has 0 radical (unpaired) electrons. The summed E-state index contributed by atoms with van der Waals surface area (Å²) in [6, 6.07) is -0.220. The molecule has 1 saturated carbocycles. The first-order valence-electron chi connectivity index (χ1n) is 10.6. The molecule has 10 nitrogen and oxygen atoms in total. The highest BCUT2D eigenvalue weighted by molar-refractivity contribution is 5.77. The lowest BCUT2D eigenvalue weighted by atomic mass is 9.89. The Morgan fingerprint density at radius 1 is 1.25 bits per heavy atom. The molecule has 2 aromatic rings. The van der Waals surface area contributed by atoms with E-state index in [1.807, 2.05) is 0 Å². The monoisotopic (exact) mass is 445 g/mol. The van der Waals surface area contributed by atoms with Gasteiger partial charge in [-0.15, -0.1) is 0 Å². The number of aromatic nitrogens is 4. The number of hydrogen-bond acceptors (Lipinski definition) is 8. The molecule has 3 rings (SSSR count). The van der Waals surface area contributed by atoms with Gasteiger partial charge in [0.15, 0.2) is 11.2 Å². The molecule has 0 aromatic carbocycles. The predicted octanol–water partition coefficient (Wildman–Crippen LogP) is 2.51. The van der Waals surface area contributed by atoms with Crippen molar-refractivity contribution in [3.8, 4) is 0 Å². The van der Waals surface area contributed by atoms with E-state index in [9.17, 15) is 14.4 Å². The Morgan fingerprint density at radius 2 is 1.94 bits per heavy atom. The van der Waals surface area contributed by atoms with E-state index in [1.54, 1.807) is 39.2 Å². The highest BCUT2D eigenvalue weighted by Gasteiger charge is 2.38. The van der Waals surface area contributed by atoms with Crippen LogP contribution in [0.1, 0.15) is 59.9 Å². The number of carbonyl (C=O) groups is 2. The van der Waals surface area contributed by atoms with Gasteiger partial charge < -0.3 is 19.8 Å². The maximum atomic E-state index is 12.8. The van der Waals surface area contributed by atoms with Gasteiger partial charge in [0.2, 0.25) is 5.95 Å². The molecule has 32 heavy (non-hydrogen) atoms. The topological polar surface area (TPSA) is 142 Å². The van der Waals surface area contributed by atoms with Gasteiger partial charge in [0.25, 0.3) is 5.56 Å². The molecular weight excluding hydrogens is 414 g/mol. The van der Waals surface area contributed by atoms with E-state index < -0.39 is 22.5 Å². The summed E-state index contributed by atoms with van der Waals surface area (Å²) in [6.07, 6.45) is 2.64. The SMILES string of the molecule is C=C1C(OC(=O)C(C)(C)CCOC(=O)C(C)(C)C)CCC1n1cnc2c(=O)[nH]c(N)nc21. The van der Waals surface area contributed by atoms with Crippen LogP contribution in [0.5, 0.6) is 0 Å². The molecule has 1 aliphatic carbocycles. The Morgan fingerprint density at radius 3 is 2.59 bits per heavy atom. The lowest BCUT2D eigenvalue weighted by molar-refractivity contribution is -0.162. The summed E-state index contributed by atoms with van der Waals surface area (Å²) in [7, 11) is 0. The number of nitrogen functional groups attached to an aromatic ring is 1. The van der Waals surface area contributed by atoms with Crippen LogP contribution in [0, 0.1) is 10.8 Å². The van der Waals surface area contributed by atoms with Gasteiger partial charge in [-0.3, -0.25) is 19.4 Å². The quantitative estimate of drug-likeness (QED) is 0.510. The molecule has 2 unspecified atom stereocenters. The molecule has 10 heteroatoms. The molecular formula is C22H31N5O5.